The van der Waals surface area contributed by atoms with Gasteiger partial charge < -0.3 is 10.2 Å². The van der Waals surface area contributed by atoms with E-state index < -0.39 is 5.60 Å². The van der Waals surface area contributed by atoms with Gasteiger partial charge in [-0.05, 0) is 45.9 Å². The molecule has 0 saturated heterocycles. The average molecular weight is 329 g/mol. The third-order valence-electron chi connectivity index (χ3n) is 3.03. The second-order valence-corrected chi connectivity index (χ2v) is 7.27. The molecule has 114 valence electrons. The third-order valence-corrected chi connectivity index (χ3v) is 3.46. The summed E-state index contributed by atoms with van der Waals surface area (Å²) in [6.07, 6.45) is 0.367. The van der Waals surface area contributed by atoms with Crippen molar-refractivity contribution < 1.29 is 9.63 Å². The van der Waals surface area contributed by atoms with E-state index in [1.54, 1.807) is 25.1 Å². The van der Waals surface area contributed by atoms with Gasteiger partial charge in [-0.3, -0.25) is 4.79 Å². The van der Waals surface area contributed by atoms with Crippen LogP contribution in [0, 0.1) is 0 Å². The van der Waals surface area contributed by atoms with Crippen LogP contribution in [0.25, 0.3) is 0 Å². The van der Waals surface area contributed by atoms with Gasteiger partial charge in [-0.1, -0.05) is 28.4 Å². The number of oxime groups is 1. The molecule has 1 amide bonds. The molecule has 21 heavy (non-hydrogen) atoms. The Labute approximate surface area is 134 Å². The van der Waals surface area contributed by atoms with Crippen LogP contribution in [-0.2, 0) is 9.63 Å². The molecule has 1 heterocycles. The molecule has 0 spiro atoms. The number of amides is 1. The SMILES string of the molecule is CC(C)(C)NC(=O)C1(C)CC(c2cc(Cl)cc(Cl)c2)=NO1. The normalized spacial score (nSPS) is 21.7. The van der Waals surface area contributed by atoms with Crippen LogP contribution < -0.4 is 5.32 Å². The number of hydrogen-bond donors (Lipinski definition) is 1. The zero-order valence-corrected chi connectivity index (χ0v) is 14.0. The molecule has 0 fully saturated rings. The lowest BCUT2D eigenvalue weighted by Gasteiger charge is -2.27. The minimum atomic E-state index is -1.02. The van der Waals surface area contributed by atoms with Crippen LogP contribution in [0.1, 0.15) is 39.7 Å². The summed E-state index contributed by atoms with van der Waals surface area (Å²) >= 11 is 12.0. The van der Waals surface area contributed by atoms with Crippen molar-refractivity contribution in [1.82, 2.24) is 5.32 Å². The summed E-state index contributed by atoms with van der Waals surface area (Å²) < 4.78 is 0. The quantitative estimate of drug-likeness (QED) is 0.897. The van der Waals surface area contributed by atoms with Gasteiger partial charge in [0.1, 0.15) is 0 Å². The Bertz CT molecular complexity index is 588. The molecule has 1 aromatic rings. The van der Waals surface area contributed by atoms with Crippen molar-refractivity contribution >= 4 is 34.8 Å². The van der Waals surface area contributed by atoms with E-state index in [0.29, 0.717) is 22.2 Å². The number of hydrogen-bond acceptors (Lipinski definition) is 3. The summed E-state index contributed by atoms with van der Waals surface area (Å²) in [4.78, 5) is 17.7. The first-order valence-electron chi connectivity index (χ1n) is 6.63. The minimum Gasteiger partial charge on any atom is -0.379 e. The van der Waals surface area contributed by atoms with Crippen LogP contribution in [-0.4, -0.2) is 22.8 Å². The lowest BCUT2D eigenvalue weighted by Crippen LogP contribution is -2.51. The summed E-state index contributed by atoms with van der Waals surface area (Å²) in [7, 11) is 0. The highest BCUT2D eigenvalue weighted by Crippen LogP contribution is 2.29. The topological polar surface area (TPSA) is 50.7 Å². The maximum atomic E-state index is 12.3. The molecule has 0 bridgehead atoms. The predicted octanol–water partition coefficient (Wildman–Crippen LogP) is 3.79. The molecule has 1 aliphatic rings. The Morgan fingerprint density at radius 2 is 1.86 bits per heavy atom. The van der Waals surface area contributed by atoms with Crippen molar-refractivity contribution in [2.75, 3.05) is 0 Å². The van der Waals surface area contributed by atoms with E-state index in [9.17, 15) is 4.79 Å². The summed E-state index contributed by atoms with van der Waals surface area (Å²) in [6.45, 7) is 7.47. The van der Waals surface area contributed by atoms with Crippen molar-refractivity contribution in [3.8, 4) is 0 Å². The van der Waals surface area contributed by atoms with Gasteiger partial charge in [0.15, 0.2) is 0 Å². The molecule has 1 atom stereocenters. The van der Waals surface area contributed by atoms with E-state index >= 15 is 0 Å². The largest absolute Gasteiger partial charge is 0.379 e. The first-order valence-corrected chi connectivity index (χ1v) is 7.39. The van der Waals surface area contributed by atoms with Crippen LogP contribution in [0.15, 0.2) is 23.4 Å². The summed E-state index contributed by atoms with van der Waals surface area (Å²) in [6, 6.07) is 5.15. The first-order chi connectivity index (χ1) is 9.59. The second kappa shape index (κ2) is 5.50. The van der Waals surface area contributed by atoms with Crippen LogP contribution >= 0.6 is 23.2 Å². The van der Waals surface area contributed by atoms with Crippen molar-refractivity contribution in [1.29, 1.82) is 0 Å². The van der Waals surface area contributed by atoms with Crippen molar-refractivity contribution in [2.24, 2.45) is 5.16 Å². The molecule has 0 aromatic heterocycles. The number of nitrogens with zero attached hydrogens (tertiary/aromatic N) is 1. The minimum absolute atomic E-state index is 0.193. The molecule has 0 aliphatic carbocycles. The molecule has 1 aromatic carbocycles. The Kier molecular flexibility index (Phi) is 4.22. The second-order valence-electron chi connectivity index (χ2n) is 6.40. The Balaban J connectivity index is 2.16. The molecule has 4 nitrogen and oxygen atoms in total. The molecular formula is C15H18Cl2N2O2. The van der Waals surface area contributed by atoms with Crippen LogP contribution in [0.2, 0.25) is 10.0 Å². The van der Waals surface area contributed by atoms with Gasteiger partial charge >= 0.3 is 0 Å². The fraction of sp³-hybridized carbons (Fsp3) is 0.467. The molecule has 6 heteroatoms. The number of benzene rings is 1. The first kappa shape index (κ1) is 16.1. The number of carbonyl (C=O) groups excluding carboxylic acids is 1. The van der Waals surface area contributed by atoms with Gasteiger partial charge in [0.2, 0.25) is 5.60 Å². The van der Waals surface area contributed by atoms with Gasteiger partial charge in [-0.2, -0.15) is 0 Å². The number of rotatable bonds is 2. The lowest BCUT2D eigenvalue weighted by atomic mass is 9.94. The van der Waals surface area contributed by atoms with Crippen molar-refractivity contribution in [3.63, 3.8) is 0 Å². The predicted molar refractivity (Wildman–Crippen MR) is 85.0 cm³/mol. The molecular weight excluding hydrogens is 311 g/mol. The molecule has 0 radical (unpaired) electrons. The third kappa shape index (κ3) is 3.89. The maximum absolute atomic E-state index is 12.3. The van der Waals surface area contributed by atoms with E-state index in [1.807, 2.05) is 20.8 Å². The van der Waals surface area contributed by atoms with Crippen LogP contribution in [0.4, 0.5) is 0 Å². The molecule has 1 unspecified atom stereocenters. The van der Waals surface area contributed by atoms with E-state index in [2.05, 4.69) is 10.5 Å². The fourth-order valence-electron chi connectivity index (χ4n) is 2.01. The smallest absolute Gasteiger partial charge is 0.267 e. The van der Waals surface area contributed by atoms with E-state index in [4.69, 9.17) is 28.0 Å². The monoisotopic (exact) mass is 328 g/mol. The Morgan fingerprint density at radius 1 is 1.29 bits per heavy atom. The van der Waals surface area contributed by atoms with Gasteiger partial charge in [0.25, 0.3) is 5.91 Å². The van der Waals surface area contributed by atoms with Gasteiger partial charge in [0, 0.05) is 27.6 Å². The Morgan fingerprint density at radius 3 is 2.38 bits per heavy atom. The van der Waals surface area contributed by atoms with Crippen molar-refractivity contribution in [2.45, 2.75) is 45.3 Å². The van der Waals surface area contributed by atoms with E-state index in [0.717, 1.165) is 5.56 Å². The highest BCUT2D eigenvalue weighted by atomic mass is 35.5. The number of nitrogens with one attached hydrogen (secondary N) is 1. The van der Waals surface area contributed by atoms with E-state index in [-0.39, 0.29) is 11.4 Å². The summed E-state index contributed by atoms with van der Waals surface area (Å²) in [5.41, 5.74) is 0.0777. The molecule has 1 aliphatic heterocycles. The number of halogens is 2. The Hall–Kier alpha value is -1.26. The van der Waals surface area contributed by atoms with Gasteiger partial charge in [-0.15, -0.1) is 0 Å². The van der Waals surface area contributed by atoms with Crippen molar-refractivity contribution in [3.05, 3.63) is 33.8 Å². The standard InChI is InChI=1S/C15H18Cl2N2O2/c1-14(2,3)18-13(20)15(4)8-12(19-21-15)9-5-10(16)7-11(17)6-9/h5-7H,8H2,1-4H3,(H,18,20). The maximum Gasteiger partial charge on any atom is 0.267 e. The van der Waals surface area contributed by atoms with Gasteiger partial charge in [0.05, 0.1) is 5.71 Å². The number of carbonyl (C=O) groups is 1. The highest BCUT2D eigenvalue weighted by molar-refractivity contribution is 6.35. The molecule has 2 rings (SSSR count). The average Bonchev–Trinajstić information content (AvgIpc) is 2.70. The summed E-state index contributed by atoms with van der Waals surface area (Å²) in [5.74, 6) is -0.193. The van der Waals surface area contributed by atoms with Gasteiger partial charge in [-0.25, -0.2) is 0 Å². The molecule has 1 N–H and O–H groups in total. The fourth-order valence-corrected chi connectivity index (χ4v) is 2.54. The summed E-state index contributed by atoms with van der Waals surface area (Å²) in [5, 5.41) is 7.98. The molecule has 0 saturated carbocycles. The van der Waals surface area contributed by atoms with E-state index in [1.165, 1.54) is 0 Å². The zero-order chi connectivity index (χ0) is 15.8. The lowest BCUT2D eigenvalue weighted by molar-refractivity contribution is -0.143. The van der Waals surface area contributed by atoms with Crippen LogP contribution in [0.5, 0.6) is 0 Å². The van der Waals surface area contributed by atoms with Crippen LogP contribution in [0.3, 0.4) is 0 Å². The zero-order valence-electron chi connectivity index (χ0n) is 12.5. The highest BCUT2D eigenvalue weighted by Gasteiger charge is 2.43.